The molecule has 0 aliphatic heterocycles. The molecule has 0 aromatic carbocycles. The molecule has 0 spiro atoms. The molecule has 0 unspecified atom stereocenters. The van der Waals surface area contributed by atoms with Crippen LogP contribution < -0.4 is 118 Å². The third-order valence-electron chi connectivity index (χ3n) is 0.468. The van der Waals surface area contributed by atoms with Crippen molar-refractivity contribution in [2.45, 2.75) is 0 Å². The predicted molar refractivity (Wildman–Crippen MR) is 103 cm³/mol. The van der Waals surface area contributed by atoms with Gasteiger partial charge in [-0.05, 0) is 0 Å². The normalized spacial score (nSPS) is 7.18. The fourth-order valence-corrected chi connectivity index (χ4v) is 1.73. The van der Waals surface area contributed by atoms with Crippen LogP contribution in [0.5, 0.6) is 0 Å². The minimum Gasteiger partial charge on any atom is -1.00 e. The molecular weight excluding hydrogens is 958 g/mol. The van der Waals surface area contributed by atoms with E-state index in [4.69, 9.17) is 44.6 Å². The molecule has 0 bridgehead atoms. The fourth-order valence-electron chi connectivity index (χ4n) is 0.192. The van der Waals surface area contributed by atoms with Gasteiger partial charge in [-0.3, -0.25) is 44.6 Å². The summed E-state index contributed by atoms with van der Waals surface area (Å²) in [5.41, 5.74) is 20.2. The Bertz CT molecular complexity index is 256. The van der Waals surface area contributed by atoms with Gasteiger partial charge in [-0.2, -0.15) is 0 Å². The van der Waals surface area contributed by atoms with Gasteiger partial charge in [0.1, 0.15) is 0 Å². The van der Waals surface area contributed by atoms with Crippen LogP contribution in [0, 0.1) is 0 Å². The average molecular weight is 974 g/mol. The maximum Gasteiger partial charge on any atom is 0.311 e. The molecule has 0 amide bonds. The molecule has 8 nitrogen and oxygen atoms in total. The van der Waals surface area contributed by atoms with Crippen molar-refractivity contribution >= 4 is 101 Å². The van der Waals surface area contributed by atoms with Crippen LogP contribution in [0.1, 0.15) is 0 Å². The second-order valence-electron chi connectivity index (χ2n) is 2.00. The molecule has 0 saturated carbocycles. The van der Waals surface area contributed by atoms with E-state index in [-0.39, 0.29) is 81.0 Å². The van der Waals surface area contributed by atoms with E-state index in [1.807, 2.05) is 0 Å². The van der Waals surface area contributed by atoms with Crippen molar-refractivity contribution < 1.29 is 95.3 Å². The summed E-state index contributed by atoms with van der Waals surface area (Å²) in [5, 5.41) is 21.2. The molecule has 0 fully saturated rings. The third kappa shape index (κ3) is 65.6. The maximum atomic E-state index is 5.05. The molecule has 0 aromatic rings. The van der Waals surface area contributed by atoms with Gasteiger partial charge in [-0.1, -0.05) is 0 Å². The Kier molecular flexibility index (Phi) is 58.1. The number of halogens is 6. The van der Waals surface area contributed by atoms with Gasteiger partial charge in [0.05, 0.1) is 0 Å². The molecule has 0 atom stereocenters. The second-order valence-corrected chi connectivity index (χ2v) is 22.8. The van der Waals surface area contributed by atoms with Crippen LogP contribution in [0.3, 0.4) is 0 Å². The Hall–Kier alpha value is 3.22. The van der Waals surface area contributed by atoms with Crippen molar-refractivity contribution in [3.8, 4) is 0 Å². The van der Waals surface area contributed by atoms with Crippen molar-refractivity contribution in [3.63, 3.8) is 0 Å². The van der Waals surface area contributed by atoms with Crippen molar-refractivity contribution in [3.05, 3.63) is 0 Å². The van der Waals surface area contributed by atoms with E-state index < -0.39 is 0 Å². The molecular formula is C4H16ClI5N8S4. The summed E-state index contributed by atoms with van der Waals surface area (Å²) >= 11 is 5.30. The standard InChI is InChI=1S/2C2H6N4S2.ClH.I3.2HI/c2*3-1(4)7-8-2(5)6;;1-3-2;;/h2*(H3,3,4)(H3,5,6);1H;;2*1H/q;;;-1;;/p+1. The zero-order chi connectivity index (χ0) is 15.8. The Morgan fingerprint density at radius 3 is 0.773 bits per heavy atom. The Morgan fingerprint density at radius 2 is 0.727 bits per heavy atom. The van der Waals surface area contributed by atoms with Crippen molar-refractivity contribution in [1.29, 1.82) is 0 Å². The van der Waals surface area contributed by atoms with E-state index in [1.54, 1.807) is 0 Å². The van der Waals surface area contributed by atoms with Gasteiger partial charge in [0.25, 0.3) is 0 Å². The van der Waals surface area contributed by atoms with Crippen LogP contribution in [0.25, 0.3) is 0 Å². The van der Waals surface area contributed by atoms with Gasteiger partial charge in [0, 0.05) is 43.2 Å². The number of rotatable bonds is 0. The molecule has 0 aromatic heterocycles. The van der Waals surface area contributed by atoms with Crippen LogP contribution in [0.2, 0.25) is 0 Å². The van der Waals surface area contributed by atoms with Crippen molar-refractivity contribution in [2.24, 2.45) is 22.9 Å². The molecule has 0 saturated heterocycles. The number of hydrogen-bond acceptors (Lipinski definition) is 4. The zero-order valence-electron chi connectivity index (χ0n) is 10.5. The smallest absolute Gasteiger partial charge is 0.311 e. The summed E-state index contributed by atoms with van der Waals surface area (Å²) in [6.45, 7) is 0. The third-order valence-corrected chi connectivity index (χ3v) is 4.21. The summed E-state index contributed by atoms with van der Waals surface area (Å²) in [4.78, 5) is 0. The van der Waals surface area contributed by atoms with Gasteiger partial charge < -0.3 is 60.4 Å². The quantitative estimate of drug-likeness (QED) is 0.0506. The van der Waals surface area contributed by atoms with Gasteiger partial charge in [0.15, 0.2) is 0 Å². The van der Waals surface area contributed by atoms with Crippen LogP contribution >= 0.6 is 80.4 Å². The SMILES string of the molecule is I[I-]I.NC(=[NH2+])SSC(N)=[NH2+].NC(=[NH2+])SSC(N)=[NH2+].[Cl-].[I-].[I-]. The van der Waals surface area contributed by atoms with Crippen LogP contribution in [-0.4, -0.2) is 20.7 Å². The van der Waals surface area contributed by atoms with Gasteiger partial charge in [-0.15, -0.1) is 0 Å². The molecule has 16 N–H and O–H groups in total. The number of nitrogens with two attached hydrogens (primary N) is 8. The molecule has 138 valence electrons. The Labute approximate surface area is 215 Å². The topological polar surface area (TPSA) is 206 Å². The molecule has 0 aliphatic rings. The average Bonchev–Trinajstić information content (AvgIpc) is 2.25. The minimum atomic E-state index is 0. The fraction of sp³-hybridized carbons (Fsp3) is 0. The zero-order valence-corrected chi connectivity index (χ0v) is 25.3. The predicted octanol–water partition coefficient (Wildman–Crippen LogP) is -17.2. The molecule has 0 radical (unpaired) electrons. The van der Waals surface area contributed by atoms with Crippen LogP contribution in [0.15, 0.2) is 0 Å². The van der Waals surface area contributed by atoms with E-state index in [2.05, 4.69) is 37.2 Å². The Balaban J connectivity index is -0.0000000442. The van der Waals surface area contributed by atoms with Gasteiger partial charge in [-0.25, -0.2) is 0 Å². The first kappa shape index (κ1) is 40.0. The molecule has 22 heavy (non-hydrogen) atoms. The van der Waals surface area contributed by atoms with Crippen molar-refractivity contribution in [2.75, 3.05) is 0 Å². The number of hydrogen-bond donors (Lipinski definition) is 8. The summed E-state index contributed by atoms with van der Waals surface area (Å²) in [6.07, 6.45) is 0. The van der Waals surface area contributed by atoms with Crippen molar-refractivity contribution in [1.82, 2.24) is 0 Å². The van der Waals surface area contributed by atoms with E-state index in [0.29, 0.717) is 13.3 Å². The second kappa shape index (κ2) is 31.9. The van der Waals surface area contributed by atoms with E-state index in [0.717, 1.165) is 43.2 Å². The largest absolute Gasteiger partial charge is 1.00 e. The minimum absolute atomic E-state index is 0. The van der Waals surface area contributed by atoms with Gasteiger partial charge >= 0.3 is 71.2 Å². The summed E-state index contributed by atoms with van der Waals surface area (Å²) < 4.78 is 0. The van der Waals surface area contributed by atoms with E-state index in [1.165, 1.54) is 0 Å². The van der Waals surface area contributed by atoms with Crippen LogP contribution in [0.4, 0.5) is 0 Å². The van der Waals surface area contributed by atoms with Gasteiger partial charge in [0.2, 0.25) is 0 Å². The monoisotopic (exact) mass is 974 g/mol. The summed E-state index contributed by atoms with van der Waals surface area (Å²) in [7, 11) is 4.56. The molecule has 0 rings (SSSR count). The molecule has 0 aliphatic carbocycles. The molecule has 18 heteroatoms. The molecule has 0 heterocycles. The first-order chi connectivity index (χ1) is 8.67. The summed E-state index contributed by atoms with van der Waals surface area (Å²) in [5.74, 6) is 0. The maximum absolute atomic E-state index is 5.05. The van der Waals surface area contributed by atoms with Crippen LogP contribution in [-0.2, 0) is 0 Å². The van der Waals surface area contributed by atoms with E-state index >= 15 is 0 Å². The first-order valence-corrected chi connectivity index (χ1v) is 20.6. The number of amidine groups is 4. The Morgan fingerprint density at radius 1 is 0.636 bits per heavy atom. The van der Waals surface area contributed by atoms with E-state index in [9.17, 15) is 0 Å². The first-order valence-electron chi connectivity index (χ1n) is 3.74. The summed E-state index contributed by atoms with van der Waals surface area (Å²) in [6, 6.07) is 0.